The number of nitrogens with zero attached hydrogens (tertiary/aromatic N) is 2. The fraction of sp³-hybridized carbons (Fsp3) is 0. The summed E-state index contributed by atoms with van der Waals surface area (Å²) in [6.45, 7) is 0. The molecule has 0 aliphatic rings. The molecule has 0 amide bonds. The van der Waals surface area contributed by atoms with Crippen LogP contribution in [-0.2, 0) is 0 Å². The molecule has 14 aromatic rings. The van der Waals surface area contributed by atoms with Crippen LogP contribution < -0.4 is 0 Å². The summed E-state index contributed by atoms with van der Waals surface area (Å²) in [6, 6.07) is 67.7. The first-order valence-electron chi connectivity index (χ1n) is 21.2. The lowest BCUT2D eigenvalue weighted by molar-refractivity contribution is 0.665. The van der Waals surface area contributed by atoms with Gasteiger partial charge < -0.3 is 13.3 Å². The summed E-state index contributed by atoms with van der Waals surface area (Å²) in [6.07, 6.45) is 0. The van der Waals surface area contributed by atoms with Gasteiger partial charge in [0.15, 0.2) is 5.82 Å². The van der Waals surface area contributed by atoms with Crippen LogP contribution in [0.1, 0.15) is 0 Å². The maximum atomic E-state index is 7.08. The average Bonchev–Trinajstić information content (AvgIpc) is 4.05. The van der Waals surface area contributed by atoms with Crippen molar-refractivity contribution in [3.05, 3.63) is 194 Å². The average molecular weight is 805 g/mol. The molecule has 5 nitrogen and oxygen atoms in total. The van der Waals surface area contributed by atoms with Crippen LogP contribution in [0.2, 0.25) is 0 Å². The molecule has 5 heteroatoms. The second kappa shape index (κ2) is 13.0. The van der Waals surface area contributed by atoms with Crippen LogP contribution in [0.15, 0.2) is 207 Å². The Morgan fingerprint density at radius 2 is 0.730 bits per heavy atom. The van der Waals surface area contributed by atoms with E-state index in [1.165, 1.54) is 32.3 Å². The Labute approximate surface area is 359 Å². The predicted molar refractivity (Wildman–Crippen MR) is 258 cm³/mol. The molecule has 0 saturated heterocycles. The second-order valence-corrected chi connectivity index (χ2v) is 16.3. The lowest BCUT2D eigenvalue weighted by atomic mass is 9.92. The molecule has 0 aliphatic carbocycles. The molecule has 4 aromatic heterocycles. The molecule has 10 aromatic carbocycles. The van der Waals surface area contributed by atoms with E-state index in [2.05, 4.69) is 152 Å². The van der Waals surface area contributed by atoms with Gasteiger partial charge in [-0.25, -0.2) is 9.97 Å². The van der Waals surface area contributed by atoms with Gasteiger partial charge in [0.1, 0.15) is 33.5 Å². The van der Waals surface area contributed by atoms with E-state index >= 15 is 0 Å². The molecule has 0 saturated carbocycles. The molecule has 0 bridgehead atoms. The van der Waals surface area contributed by atoms with Gasteiger partial charge in [-0.1, -0.05) is 158 Å². The Bertz CT molecular complexity index is 4190. The van der Waals surface area contributed by atoms with Crippen molar-refractivity contribution in [1.29, 1.82) is 0 Å². The first-order valence-corrected chi connectivity index (χ1v) is 21.2. The molecule has 63 heavy (non-hydrogen) atoms. The standard InChI is InChI=1S/C58H32N2O3/c1-2-15-36-34(13-1)35-14-3-4-16-37(35)48-31-33(29-30-38(36)48)49-32-50(60-58(59-49)47-25-12-28-53-54(47)46-18-6-8-27-52(46)61-53)45-24-11-23-44-43-22-10-21-42(56(43)63-57(44)45)41-20-9-19-40-39-17-5-7-26-51(39)62-55(40)41/h1-32H. The molecule has 14 rings (SSSR count). The lowest BCUT2D eigenvalue weighted by Crippen LogP contribution is -1.97. The number of benzene rings is 10. The molecule has 4 heterocycles. The van der Waals surface area contributed by atoms with Crippen molar-refractivity contribution in [2.75, 3.05) is 0 Å². The minimum atomic E-state index is 0.605. The summed E-state index contributed by atoms with van der Waals surface area (Å²) in [5.41, 5.74) is 11.2. The maximum absolute atomic E-state index is 7.08. The van der Waals surface area contributed by atoms with Crippen molar-refractivity contribution in [1.82, 2.24) is 9.97 Å². The Morgan fingerprint density at radius 3 is 1.43 bits per heavy atom. The van der Waals surface area contributed by atoms with Crippen molar-refractivity contribution in [2.24, 2.45) is 0 Å². The number of fused-ring (bicyclic) bond motifs is 15. The Balaban J connectivity index is 1.03. The number of para-hydroxylation sites is 5. The summed E-state index contributed by atoms with van der Waals surface area (Å²) >= 11 is 0. The van der Waals surface area contributed by atoms with Crippen LogP contribution in [-0.4, -0.2) is 9.97 Å². The zero-order valence-corrected chi connectivity index (χ0v) is 33.6. The summed E-state index contributed by atoms with van der Waals surface area (Å²) in [5.74, 6) is 0.605. The van der Waals surface area contributed by atoms with Crippen molar-refractivity contribution in [2.45, 2.75) is 0 Å². The zero-order valence-electron chi connectivity index (χ0n) is 33.6. The summed E-state index contributed by atoms with van der Waals surface area (Å²) in [7, 11) is 0. The van der Waals surface area contributed by atoms with E-state index in [4.69, 9.17) is 23.2 Å². The van der Waals surface area contributed by atoms with Crippen LogP contribution in [0.3, 0.4) is 0 Å². The Hall–Kier alpha value is -8.54. The monoisotopic (exact) mass is 804 g/mol. The van der Waals surface area contributed by atoms with Gasteiger partial charge in [0, 0.05) is 60.1 Å². The Kier molecular flexibility index (Phi) is 7.05. The zero-order chi connectivity index (χ0) is 41.2. The van der Waals surface area contributed by atoms with E-state index in [9.17, 15) is 0 Å². The van der Waals surface area contributed by atoms with Gasteiger partial charge in [-0.2, -0.15) is 0 Å². The van der Waals surface area contributed by atoms with E-state index in [0.29, 0.717) is 5.82 Å². The highest BCUT2D eigenvalue weighted by atomic mass is 16.3. The van der Waals surface area contributed by atoms with Gasteiger partial charge >= 0.3 is 0 Å². The van der Waals surface area contributed by atoms with Gasteiger partial charge in [0.25, 0.3) is 0 Å². The second-order valence-electron chi connectivity index (χ2n) is 16.3. The number of hydrogen-bond acceptors (Lipinski definition) is 5. The molecule has 0 aliphatic heterocycles. The van der Waals surface area contributed by atoms with E-state index in [0.717, 1.165) is 105 Å². The third-order valence-electron chi connectivity index (χ3n) is 12.9. The highest BCUT2D eigenvalue weighted by Gasteiger charge is 2.22. The van der Waals surface area contributed by atoms with E-state index < -0.39 is 0 Å². The molecule has 292 valence electrons. The topological polar surface area (TPSA) is 65.2 Å². The lowest BCUT2D eigenvalue weighted by Gasteiger charge is -2.13. The maximum Gasteiger partial charge on any atom is 0.161 e. The van der Waals surface area contributed by atoms with Gasteiger partial charge in [-0.05, 0) is 68.7 Å². The fourth-order valence-corrected chi connectivity index (χ4v) is 10.1. The summed E-state index contributed by atoms with van der Waals surface area (Å²) < 4.78 is 20.0. The quantitative estimate of drug-likeness (QED) is 0.166. The summed E-state index contributed by atoms with van der Waals surface area (Å²) in [4.78, 5) is 10.8. The van der Waals surface area contributed by atoms with Crippen molar-refractivity contribution < 1.29 is 13.3 Å². The molecule has 0 unspecified atom stereocenters. The van der Waals surface area contributed by atoms with Gasteiger partial charge in [0.2, 0.25) is 0 Å². The minimum Gasteiger partial charge on any atom is -0.456 e. The smallest absolute Gasteiger partial charge is 0.161 e. The van der Waals surface area contributed by atoms with Crippen LogP contribution in [0.25, 0.3) is 143 Å². The minimum absolute atomic E-state index is 0.605. The summed E-state index contributed by atoms with van der Waals surface area (Å²) in [5, 5.41) is 13.5. The van der Waals surface area contributed by atoms with Crippen molar-refractivity contribution in [3.8, 4) is 45.0 Å². The van der Waals surface area contributed by atoms with E-state index in [-0.39, 0.29) is 0 Å². The molecule has 0 radical (unpaired) electrons. The van der Waals surface area contributed by atoms with E-state index in [1.807, 2.05) is 42.5 Å². The van der Waals surface area contributed by atoms with Crippen LogP contribution >= 0.6 is 0 Å². The normalized spacial score (nSPS) is 12.1. The highest BCUT2D eigenvalue weighted by Crippen LogP contribution is 2.45. The first-order chi connectivity index (χ1) is 31.2. The number of furan rings is 3. The molecule has 0 N–H and O–H groups in total. The van der Waals surface area contributed by atoms with Crippen LogP contribution in [0.4, 0.5) is 0 Å². The largest absolute Gasteiger partial charge is 0.456 e. The molecular formula is C58H32N2O3. The molecular weight excluding hydrogens is 773 g/mol. The molecule has 0 fully saturated rings. The van der Waals surface area contributed by atoms with Gasteiger partial charge in [-0.3, -0.25) is 0 Å². The molecule has 0 spiro atoms. The number of rotatable bonds is 4. The van der Waals surface area contributed by atoms with Crippen molar-refractivity contribution in [3.63, 3.8) is 0 Å². The molecule has 0 atom stereocenters. The fourth-order valence-electron chi connectivity index (χ4n) is 10.1. The van der Waals surface area contributed by atoms with Crippen LogP contribution in [0.5, 0.6) is 0 Å². The number of hydrogen-bond donors (Lipinski definition) is 0. The Morgan fingerprint density at radius 1 is 0.270 bits per heavy atom. The third kappa shape index (κ3) is 4.99. The van der Waals surface area contributed by atoms with E-state index in [1.54, 1.807) is 0 Å². The third-order valence-corrected chi connectivity index (χ3v) is 12.9. The predicted octanol–water partition coefficient (Wildman–Crippen LogP) is 16.3. The highest BCUT2D eigenvalue weighted by molar-refractivity contribution is 6.26. The van der Waals surface area contributed by atoms with Crippen molar-refractivity contribution >= 4 is 98.1 Å². The SMILES string of the molecule is c1ccc2c(c1)oc1c(-c3cccc4c3oc3c(-c5cc(-c6ccc7c8ccccc8c8ccccc8c7c6)nc(-c6cccc7oc8ccccc8c67)n5)cccc34)cccc12. The number of aromatic nitrogens is 2. The first kappa shape index (κ1) is 34.2. The van der Waals surface area contributed by atoms with Gasteiger partial charge in [0.05, 0.1) is 11.4 Å². The van der Waals surface area contributed by atoms with Crippen LogP contribution in [0, 0.1) is 0 Å². The van der Waals surface area contributed by atoms with Gasteiger partial charge in [-0.15, -0.1) is 0 Å².